The molecule has 0 radical (unpaired) electrons. The number of carbonyl (C=O) groups is 2. The Kier molecular flexibility index (Phi) is 6.09. The quantitative estimate of drug-likeness (QED) is 0.664. The van der Waals surface area contributed by atoms with Crippen molar-refractivity contribution in [3.63, 3.8) is 0 Å². The summed E-state index contributed by atoms with van der Waals surface area (Å²) in [6.45, 7) is 1.48. The molecular weight excluding hydrogens is 458 g/mol. The van der Waals surface area contributed by atoms with Crippen LogP contribution in [-0.4, -0.2) is 54.6 Å². The molecule has 2 aromatic rings. The van der Waals surface area contributed by atoms with Gasteiger partial charge in [-0.05, 0) is 37.3 Å². The first-order valence-electron chi connectivity index (χ1n) is 9.58. The number of carbonyl (C=O) groups excluding carboxylic acids is 2. The molecule has 2 aliphatic heterocycles. The van der Waals surface area contributed by atoms with Gasteiger partial charge in [0.15, 0.2) is 20.8 Å². The number of hydrogen-bond donors (Lipinski definition) is 1. The van der Waals surface area contributed by atoms with Gasteiger partial charge in [0.05, 0.1) is 29.3 Å². The molecule has 2 aliphatic rings. The second-order valence-corrected chi connectivity index (χ2v) is 11.0. The number of aliphatic imine (C=N–C) groups is 1. The van der Waals surface area contributed by atoms with E-state index >= 15 is 0 Å². The first kappa shape index (κ1) is 21.9. The molecule has 4 rings (SSSR count). The van der Waals surface area contributed by atoms with Crippen LogP contribution in [0.25, 0.3) is 0 Å². The van der Waals surface area contributed by atoms with E-state index in [9.17, 15) is 18.0 Å². The third kappa shape index (κ3) is 4.94. The predicted molar refractivity (Wildman–Crippen MR) is 125 cm³/mol. The van der Waals surface area contributed by atoms with Gasteiger partial charge in [0.25, 0.3) is 0 Å². The zero-order chi connectivity index (χ0) is 22.2. The number of fused-ring (bicyclic) bond motifs is 1. The minimum atomic E-state index is -3.19. The lowest BCUT2D eigenvalue weighted by Crippen LogP contribution is -2.39. The topological polar surface area (TPSA) is 95.9 Å². The maximum atomic E-state index is 12.4. The Hall–Kier alpha value is -2.36. The number of halogens is 1. The minimum absolute atomic E-state index is 0.00969. The van der Waals surface area contributed by atoms with Gasteiger partial charge in [0.2, 0.25) is 5.91 Å². The molecule has 0 aromatic heterocycles. The van der Waals surface area contributed by atoms with Gasteiger partial charge in [-0.15, -0.1) is 0 Å². The summed E-state index contributed by atoms with van der Waals surface area (Å²) in [5.74, 6) is -0.231. The number of sulfone groups is 1. The van der Waals surface area contributed by atoms with Crippen LogP contribution in [-0.2, 0) is 14.6 Å². The molecule has 10 heteroatoms. The molecule has 0 bridgehead atoms. The van der Waals surface area contributed by atoms with E-state index in [1.165, 1.54) is 18.7 Å². The Bertz CT molecular complexity index is 1180. The van der Waals surface area contributed by atoms with Crippen molar-refractivity contribution in [2.24, 2.45) is 4.99 Å². The molecule has 1 saturated heterocycles. The molecule has 2 aromatic carbocycles. The molecule has 0 aliphatic carbocycles. The van der Waals surface area contributed by atoms with Crippen LogP contribution in [0.15, 0.2) is 53.5 Å². The molecule has 0 saturated carbocycles. The fourth-order valence-electron chi connectivity index (χ4n) is 3.70. The predicted octanol–water partition coefficient (Wildman–Crippen LogP) is 3.26. The molecule has 1 fully saturated rings. The number of nitrogens with one attached hydrogen (secondary N) is 1. The summed E-state index contributed by atoms with van der Waals surface area (Å²) < 4.78 is 24.3. The number of amides is 1. The Morgan fingerprint density at radius 3 is 2.71 bits per heavy atom. The number of anilines is 2. The van der Waals surface area contributed by atoms with Crippen molar-refractivity contribution in [1.82, 2.24) is 0 Å². The van der Waals surface area contributed by atoms with Crippen LogP contribution in [0, 0.1) is 0 Å². The summed E-state index contributed by atoms with van der Waals surface area (Å²) in [5.41, 5.74) is 1.82. The van der Waals surface area contributed by atoms with Crippen LogP contribution in [0.1, 0.15) is 17.3 Å². The van der Waals surface area contributed by atoms with Crippen LogP contribution in [0.2, 0.25) is 5.02 Å². The van der Waals surface area contributed by atoms with Crippen molar-refractivity contribution in [3.8, 4) is 0 Å². The van der Waals surface area contributed by atoms with E-state index in [-0.39, 0.29) is 41.0 Å². The van der Waals surface area contributed by atoms with E-state index in [1.807, 2.05) is 11.0 Å². The Morgan fingerprint density at radius 1 is 1.19 bits per heavy atom. The number of Topliss-reactive ketones (excluding diaryl/α,β-unsaturated/α-hetero) is 1. The summed E-state index contributed by atoms with van der Waals surface area (Å²) >= 11 is 7.19. The number of nitrogens with zero attached hydrogens (tertiary/aromatic N) is 2. The summed E-state index contributed by atoms with van der Waals surface area (Å²) in [7, 11) is -3.19. The van der Waals surface area contributed by atoms with Crippen LogP contribution in [0.5, 0.6) is 0 Å². The number of rotatable bonds is 5. The van der Waals surface area contributed by atoms with Crippen LogP contribution in [0.3, 0.4) is 0 Å². The van der Waals surface area contributed by atoms with Crippen molar-refractivity contribution in [1.29, 1.82) is 0 Å². The highest BCUT2D eigenvalue weighted by molar-refractivity contribution is 8.14. The Balaban J connectivity index is 1.54. The smallest absolute Gasteiger partial charge is 0.234 e. The highest BCUT2D eigenvalue weighted by Crippen LogP contribution is 2.35. The lowest BCUT2D eigenvalue weighted by Gasteiger charge is -2.26. The fraction of sp³-hybridized carbons (Fsp3) is 0.286. The second-order valence-electron chi connectivity index (χ2n) is 7.45. The fourth-order valence-corrected chi connectivity index (χ4v) is 6.66. The highest BCUT2D eigenvalue weighted by atomic mass is 35.5. The van der Waals surface area contributed by atoms with E-state index in [1.54, 1.807) is 42.5 Å². The normalized spacial score (nSPS) is 21.5. The lowest BCUT2D eigenvalue weighted by atomic mass is 10.1. The molecule has 1 N–H and O–H groups in total. The highest BCUT2D eigenvalue weighted by Gasteiger charge is 2.47. The first-order valence-corrected chi connectivity index (χ1v) is 12.8. The van der Waals surface area contributed by atoms with Gasteiger partial charge in [-0.3, -0.25) is 14.6 Å². The standard InChI is InChI=1S/C21H20ClN3O4S2/c1-13(26)14-4-2-7-17(8-14)25-19-12-31(28,29)11-18(19)24-21(25)30-10-20(27)23-16-6-3-5-15(22)9-16/h2-9,18-19H,10-12H2,1H3,(H,23,27)/t18-,19+/m1/s1. The van der Waals surface area contributed by atoms with Crippen molar-refractivity contribution in [3.05, 3.63) is 59.1 Å². The van der Waals surface area contributed by atoms with Crippen LogP contribution < -0.4 is 10.2 Å². The van der Waals surface area contributed by atoms with Crippen molar-refractivity contribution in [2.45, 2.75) is 19.0 Å². The van der Waals surface area contributed by atoms with Gasteiger partial charge in [0, 0.05) is 22.0 Å². The van der Waals surface area contributed by atoms with Gasteiger partial charge < -0.3 is 10.2 Å². The summed E-state index contributed by atoms with van der Waals surface area (Å²) in [6, 6.07) is 13.2. The monoisotopic (exact) mass is 477 g/mol. The number of hydrogen-bond acceptors (Lipinski definition) is 7. The Morgan fingerprint density at radius 2 is 1.97 bits per heavy atom. The molecule has 2 atom stereocenters. The maximum absolute atomic E-state index is 12.4. The molecule has 0 unspecified atom stereocenters. The van der Waals surface area contributed by atoms with Gasteiger partial charge in [0.1, 0.15) is 0 Å². The van der Waals surface area contributed by atoms with E-state index in [4.69, 9.17) is 11.6 Å². The second kappa shape index (κ2) is 8.64. The van der Waals surface area contributed by atoms with Crippen molar-refractivity contribution >= 4 is 61.4 Å². The van der Waals surface area contributed by atoms with Crippen LogP contribution >= 0.6 is 23.4 Å². The third-order valence-corrected chi connectivity index (χ3v) is 7.98. The number of benzene rings is 2. The molecule has 31 heavy (non-hydrogen) atoms. The van der Waals surface area contributed by atoms with E-state index in [2.05, 4.69) is 10.3 Å². The summed E-state index contributed by atoms with van der Waals surface area (Å²) in [4.78, 5) is 30.7. The van der Waals surface area contributed by atoms with E-state index < -0.39 is 9.84 Å². The van der Waals surface area contributed by atoms with E-state index in [0.29, 0.717) is 27.1 Å². The molecule has 0 spiro atoms. The minimum Gasteiger partial charge on any atom is -0.325 e. The molecule has 1 amide bonds. The molecule has 7 nitrogen and oxygen atoms in total. The van der Waals surface area contributed by atoms with Crippen molar-refractivity contribution in [2.75, 3.05) is 27.5 Å². The summed E-state index contributed by atoms with van der Waals surface area (Å²) in [5, 5.41) is 3.89. The average Bonchev–Trinajstić information content (AvgIpc) is 3.17. The zero-order valence-electron chi connectivity index (χ0n) is 16.6. The van der Waals surface area contributed by atoms with Gasteiger partial charge in [-0.25, -0.2) is 8.42 Å². The number of thioether (sulfide) groups is 1. The van der Waals surface area contributed by atoms with Gasteiger partial charge in [-0.1, -0.05) is 41.6 Å². The maximum Gasteiger partial charge on any atom is 0.234 e. The lowest BCUT2D eigenvalue weighted by molar-refractivity contribution is -0.113. The largest absolute Gasteiger partial charge is 0.325 e. The van der Waals surface area contributed by atoms with Crippen LogP contribution in [0.4, 0.5) is 11.4 Å². The number of ketones is 1. The molecule has 2 heterocycles. The van der Waals surface area contributed by atoms with Gasteiger partial charge >= 0.3 is 0 Å². The molecule has 162 valence electrons. The third-order valence-electron chi connectivity index (χ3n) is 5.08. The zero-order valence-corrected chi connectivity index (χ0v) is 19.0. The van der Waals surface area contributed by atoms with Gasteiger partial charge in [-0.2, -0.15) is 0 Å². The van der Waals surface area contributed by atoms with Crippen molar-refractivity contribution < 1.29 is 18.0 Å². The number of amidine groups is 1. The SMILES string of the molecule is CC(=O)c1cccc(N2C(SCC(=O)Nc3cccc(Cl)c3)=N[C@@H]3CS(=O)(=O)C[C@@H]32)c1. The first-order chi connectivity index (χ1) is 14.7. The average molecular weight is 478 g/mol. The van der Waals surface area contributed by atoms with E-state index in [0.717, 1.165) is 0 Å². The molecular formula is C21H20ClN3O4S2. The Labute approximate surface area is 189 Å². The summed E-state index contributed by atoms with van der Waals surface area (Å²) in [6.07, 6.45) is 0.